The molecule has 0 aliphatic carbocycles. The molecule has 1 heterocycles. The highest BCUT2D eigenvalue weighted by Gasteiger charge is 2.14. The van der Waals surface area contributed by atoms with Crippen LogP contribution >= 0.6 is 11.3 Å². The zero-order valence-electron chi connectivity index (χ0n) is 9.77. The van der Waals surface area contributed by atoms with Crippen LogP contribution in [0.4, 0.5) is 0 Å². The number of nitrogens with one attached hydrogen (secondary N) is 2. The summed E-state index contributed by atoms with van der Waals surface area (Å²) in [6.07, 6.45) is 2.27. The van der Waals surface area contributed by atoms with E-state index in [9.17, 15) is 9.59 Å². The summed E-state index contributed by atoms with van der Waals surface area (Å²) in [4.78, 5) is 23.5. The predicted molar refractivity (Wildman–Crippen MR) is 68.0 cm³/mol. The molecule has 92 valence electrons. The van der Waals surface area contributed by atoms with Crippen LogP contribution in [0.25, 0.3) is 0 Å². The van der Waals surface area contributed by atoms with Crippen LogP contribution in [0, 0.1) is 0 Å². The van der Waals surface area contributed by atoms with E-state index in [0.717, 1.165) is 11.3 Å². The quantitative estimate of drug-likeness (QED) is 0.479. The summed E-state index contributed by atoms with van der Waals surface area (Å²) in [5, 5.41) is 8.15. The Morgan fingerprint density at radius 1 is 1.53 bits per heavy atom. The standard InChI is InChI=1S/C11H15N3O2S/c1-3-8(2)13-10(15)11(16)14-12-7-9-5-4-6-17-9/h4-8H,3H2,1-2H3,(H,13,15)(H,14,16)/b12-7-/t8-/m0/s1. The van der Waals surface area contributed by atoms with E-state index in [2.05, 4.69) is 15.8 Å². The minimum atomic E-state index is -0.752. The van der Waals surface area contributed by atoms with Gasteiger partial charge in [-0.05, 0) is 24.8 Å². The average molecular weight is 253 g/mol. The number of amides is 2. The molecule has 0 unspecified atom stereocenters. The number of hydrogen-bond acceptors (Lipinski definition) is 4. The first kappa shape index (κ1) is 13.4. The first-order chi connectivity index (χ1) is 8.13. The van der Waals surface area contributed by atoms with Crippen LogP contribution in [0.3, 0.4) is 0 Å². The second-order valence-electron chi connectivity index (χ2n) is 3.50. The lowest BCUT2D eigenvalue weighted by molar-refractivity contribution is -0.139. The molecule has 2 amide bonds. The van der Waals surface area contributed by atoms with E-state index in [4.69, 9.17) is 0 Å². The van der Waals surface area contributed by atoms with E-state index in [1.165, 1.54) is 17.6 Å². The molecule has 0 aromatic carbocycles. The van der Waals surface area contributed by atoms with Crippen molar-refractivity contribution in [3.63, 3.8) is 0 Å². The molecule has 0 bridgehead atoms. The van der Waals surface area contributed by atoms with Gasteiger partial charge in [0.2, 0.25) is 0 Å². The van der Waals surface area contributed by atoms with Crippen molar-refractivity contribution in [2.24, 2.45) is 5.10 Å². The molecule has 1 aromatic heterocycles. The van der Waals surface area contributed by atoms with Gasteiger partial charge < -0.3 is 5.32 Å². The van der Waals surface area contributed by atoms with Gasteiger partial charge in [-0.3, -0.25) is 9.59 Å². The monoisotopic (exact) mass is 253 g/mol. The first-order valence-corrected chi connectivity index (χ1v) is 6.18. The maximum atomic E-state index is 11.3. The minimum absolute atomic E-state index is 0.0190. The fourth-order valence-corrected chi connectivity index (χ4v) is 1.55. The third kappa shape index (κ3) is 4.78. The van der Waals surface area contributed by atoms with Crippen molar-refractivity contribution in [1.82, 2.24) is 10.7 Å². The van der Waals surface area contributed by atoms with E-state index in [-0.39, 0.29) is 6.04 Å². The van der Waals surface area contributed by atoms with E-state index in [1.54, 1.807) is 0 Å². The van der Waals surface area contributed by atoms with Gasteiger partial charge in [-0.2, -0.15) is 5.10 Å². The molecule has 0 spiro atoms. The highest BCUT2D eigenvalue weighted by molar-refractivity contribution is 7.11. The molecule has 0 radical (unpaired) electrons. The van der Waals surface area contributed by atoms with Crippen LogP contribution in [0.15, 0.2) is 22.6 Å². The Morgan fingerprint density at radius 2 is 2.29 bits per heavy atom. The number of nitrogens with zero attached hydrogens (tertiary/aromatic N) is 1. The fraction of sp³-hybridized carbons (Fsp3) is 0.364. The lowest BCUT2D eigenvalue weighted by Crippen LogP contribution is -2.41. The van der Waals surface area contributed by atoms with E-state index < -0.39 is 11.8 Å². The summed E-state index contributed by atoms with van der Waals surface area (Å²) in [5.41, 5.74) is 2.18. The van der Waals surface area contributed by atoms with Gasteiger partial charge in [0.1, 0.15) is 0 Å². The topological polar surface area (TPSA) is 70.6 Å². The molecule has 17 heavy (non-hydrogen) atoms. The van der Waals surface area contributed by atoms with Gasteiger partial charge in [0.15, 0.2) is 0 Å². The second kappa shape index (κ2) is 6.80. The van der Waals surface area contributed by atoms with Crippen LogP contribution < -0.4 is 10.7 Å². The van der Waals surface area contributed by atoms with Gasteiger partial charge in [0.05, 0.1) is 6.21 Å². The normalized spacial score (nSPS) is 12.4. The SMILES string of the molecule is CC[C@H](C)NC(=O)C(=O)N/N=C\c1cccs1. The third-order valence-corrected chi connectivity index (χ3v) is 2.90. The largest absolute Gasteiger partial charge is 0.345 e. The van der Waals surface area contributed by atoms with Crippen molar-refractivity contribution < 1.29 is 9.59 Å². The van der Waals surface area contributed by atoms with Crippen LogP contribution in [0.1, 0.15) is 25.1 Å². The lowest BCUT2D eigenvalue weighted by atomic mass is 10.2. The summed E-state index contributed by atoms with van der Waals surface area (Å²) in [6, 6.07) is 3.72. The zero-order valence-corrected chi connectivity index (χ0v) is 10.6. The summed E-state index contributed by atoms with van der Waals surface area (Å²) in [5.74, 6) is -1.42. The van der Waals surface area contributed by atoms with Crippen LogP contribution in [-0.4, -0.2) is 24.1 Å². The van der Waals surface area contributed by atoms with Crippen molar-refractivity contribution >= 4 is 29.4 Å². The maximum absolute atomic E-state index is 11.3. The van der Waals surface area contributed by atoms with Crippen molar-refractivity contribution in [3.05, 3.63) is 22.4 Å². The summed E-state index contributed by atoms with van der Waals surface area (Å²) < 4.78 is 0. The van der Waals surface area contributed by atoms with Gasteiger partial charge in [-0.25, -0.2) is 5.43 Å². The molecule has 1 aromatic rings. The molecule has 2 N–H and O–H groups in total. The smallest absolute Gasteiger partial charge is 0.329 e. The van der Waals surface area contributed by atoms with Crippen molar-refractivity contribution in [3.8, 4) is 0 Å². The van der Waals surface area contributed by atoms with Gasteiger partial charge >= 0.3 is 11.8 Å². The number of carbonyl (C=O) groups excluding carboxylic acids is 2. The molecule has 5 nitrogen and oxygen atoms in total. The Hall–Kier alpha value is -1.69. The van der Waals surface area contributed by atoms with Crippen molar-refractivity contribution in [2.75, 3.05) is 0 Å². The van der Waals surface area contributed by atoms with E-state index >= 15 is 0 Å². The molecule has 0 aliphatic heterocycles. The minimum Gasteiger partial charge on any atom is -0.345 e. The highest BCUT2D eigenvalue weighted by Crippen LogP contribution is 2.03. The molecule has 0 saturated carbocycles. The Bertz CT molecular complexity index is 401. The maximum Gasteiger partial charge on any atom is 0.329 e. The second-order valence-corrected chi connectivity index (χ2v) is 4.48. The number of hydrogen-bond donors (Lipinski definition) is 2. The number of hydrazone groups is 1. The molecule has 0 fully saturated rings. The van der Waals surface area contributed by atoms with Gasteiger partial charge in [-0.15, -0.1) is 11.3 Å². The number of rotatable bonds is 4. The summed E-state index contributed by atoms with van der Waals surface area (Å²) >= 11 is 1.50. The van der Waals surface area contributed by atoms with Gasteiger partial charge in [0.25, 0.3) is 0 Å². The molecular weight excluding hydrogens is 238 g/mol. The molecular formula is C11H15N3O2S. The summed E-state index contributed by atoms with van der Waals surface area (Å²) in [6.45, 7) is 3.76. The molecule has 1 atom stereocenters. The van der Waals surface area contributed by atoms with E-state index in [1.807, 2.05) is 31.4 Å². The average Bonchev–Trinajstić information content (AvgIpc) is 2.81. The zero-order chi connectivity index (χ0) is 12.7. The Morgan fingerprint density at radius 3 is 2.88 bits per heavy atom. The Labute approximate surface area is 104 Å². The van der Waals surface area contributed by atoms with Crippen LogP contribution in [0.5, 0.6) is 0 Å². The molecule has 0 saturated heterocycles. The van der Waals surface area contributed by atoms with Crippen molar-refractivity contribution in [2.45, 2.75) is 26.3 Å². The first-order valence-electron chi connectivity index (χ1n) is 5.31. The predicted octanol–water partition coefficient (Wildman–Crippen LogP) is 1.11. The summed E-state index contributed by atoms with van der Waals surface area (Å²) in [7, 11) is 0. The van der Waals surface area contributed by atoms with Crippen molar-refractivity contribution in [1.29, 1.82) is 0 Å². The van der Waals surface area contributed by atoms with Crippen LogP contribution in [-0.2, 0) is 9.59 Å². The highest BCUT2D eigenvalue weighted by atomic mass is 32.1. The molecule has 1 rings (SSSR count). The Balaban J connectivity index is 2.36. The van der Waals surface area contributed by atoms with Gasteiger partial charge in [-0.1, -0.05) is 13.0 Å². The van der Waals surface area contributed by atoms with E-state index in [0.29, 0.717) is 0 Å². The molecule has 0 aliphatic rings. The Kier molecular flexibility index (Phi) is 5.35. The molecule has 6 heteroatoms. The fourth-order valence-electron chi connectivity index (χ4n) is 0.961. The van der Waals surface area contributed by atoms with Crippen LogP contribution in [0.2, 0.25) is 0 Å². The number of carbonyl (C=O) groups is 2. The number of thiophene rings is 1. The lowest BCUT2D eigenvalue weighted by Gasteiger charge is -2.09. The van der Waals surface area contributed by atoms with Gasteiger partial charge in [0, 0.05) is 10.9 Å². The third-order valence-electron chi connectivity index (χ3n) is 2.10.